The van der Waals surface area contributed by atoms with Crippen LogP contribution in [0, 0.1) is 0 Å². The first-order chi connectivity index (χ1) is 18.6. The molecule has 0 aromatic heterocycles. The third-order valence-electron chi connectivity index (χ3n) is 7.88. The highest BCUT2D eigenvalue weighted by Gasteiger charge is 2.41. The highest BCUT2D eigenvalue weighted by molar-refractivity contribution is 6.63. The standard InChI is InChI=1S/C35H18Cl2O/c36-27-15-7-5-13-23(27)33-31-25-17-19-9-1-3-11-21(19)29-22-12-4-2-10-20(22)18-26(30(25)29)32(31)34(35(33)38)24-14-6-8-16-28(24)37/h1-18H. The third kappa shape index (κ3) is 2.81. The molecule has 0 aliphatic heterocycles. The Bertz CT molecular complexity index is 1970. The summed E-state index contributed by atoms with van der Waals surface area (Å²) < 4.78 is 0. The fraction of sp³-hybridized carbons (Fsp3) is 0. The van der Waals surface area contributed by atoms with Crippen molar-refractivity contribution in [2.24, 2.45) is 0 Å². The average molecular weight is 525 g/mol. The van der Waals surface area contributed by atoms with Gasteiger partial charge in [-0.15, -0.1) is 0 Å². The van der Waals surface area contributed by atoms with Crippen molar-refractivity contribution >= 4 is 83.6 Å². The maximum Gasteiger partial charge on any atom is 0.195 e. The highest BCUT2D eigenvalue weighted by atomic mass is 35.5. The van der Waals surface area contributed by atoms with Gasteiger partial charge in [0, 0.05) is 43.5 Å². The molecule has 0 saturated carbocycles. The molecule has 178 valence electrons. The molecule has 0 fully saturated rings. The van der Waals surface area contributed by atoms with Gasteiger partial charge in [0.05, 0.1) is 0 Å². The van der Waals surface area contributed by atoms with Gasteiger partial charge in [0.1, 0.15) is 0 Å². The largest absolute Gasteiger partial charge is 0.289 e. The van der Waals surface area contributed by atoms with Gasteiger partial charge in [0.2, 0.25) is 0 Å². The molecule has 0 atom stereocenters. The van der Waals surface area contributed by atoms with Crippen LogP contribution in [0.2, 0.25) is 10.0 Å². The van der Waals surface area contributed by atoms with Gasteiger partial charge in [-0.3, -0.25) is 4.79 Å². The highest BCUT2D eigenvalue weighted by Crippen LogP contribution is 2.59. The summed E-state index contributed by atoms with van der Waals surface area (Å²) in [5.74, 6) is -0.0451. The molecule has 0 radical (unpaired) electrons. The molecule has 6 aromatic carbocycles. The number of carbonyl (C=O) groups is 1. The zero-order valence-electron chi connectivity index (χ0n) is 20.1. The summed E-state index contributed by atoms with van der Waals surface area (Å²) in [6.45, 7) is 0. The van der Waals surface area contributed by atoms with Crippen molar-refractivity contribution in [3.8, 4) is 0 Å². The number of Topliss-reactive ketones (excluding diaryl/α,β-unsaturated/α-hetero) is 1. The summed E-state index contributed by atoms with van der Waals surface area (Å²) in [6, 6.07) is 36.7. The molecule has 0 N–H and O–H groups in total. The van der Waals surface area contributed by atoms with Gasteiger partial charge in [-0.1, -0.05) is 108 Å². The van der Waals surface area contributed by atoms with Crippen LogP contribution in [0.4, 0.5) is 0 Å². The van der Waals surface area contributed by atoms with E-state index in [1.165, 1.54) is 21.5 Å². The normalized spacial score (nSPS) is 14.4. The Morgan fingerprint density at radius 3 is 1.32 bits per heavy atom. The number of ketones is 1. The summed E-state index contributed by atoms with van der Waals surface area (Å²) in [5.41, 5.74) is 6.78. The van der Waals surface area contributed by atoms with Gasteiger partial charge >= 0.3 is 0 Å². The SMILES string of the molecule is O=C1C(c2ccccc2Cl)=C2C(=C1c1ccccc1Cl)c1cc3ccccc3c3c1c2cc1ccccc13. The van der Waals surface area contributed by atoms with E-state index in [1.54, 1.807) is 0 Å². The zero-order valence-corrected chi connectivity index (χ0v) is 21.6. The minimum absolute atomic E-state index is 0.0451. The third-order valence-corrected chi connectivity index (χ3v) is 8.54. The van der Waals surface area contributed by atoms with Gasteiger partial charge in [-0.05, 0) is 67.7 Å². The number of carbonyl (C=O) groups excluding carboxylic acids is 1. The first-order valence-electron chi connectivity index (χ1n) is 12.5. The van der Waals surface area contributed by atoms with Gasteiger partial charge in [0.15, 0.2) is 5.78 Å². The monoisotopic (exact) mass is 524 g/mol. The summed E-state index contributed by atoms with van der Waals surface area (Å²) >= 11 is 13.5. The molecule has 6 aromatic rings. The van der Waals surface area contributed by atoms with Gasteiger partial charge in [0.25, 0.3) is 0 Å². The number of halogens is 2. The van der Waals surface area contributed by atoms with Crippen molar-refractivity contribution < 1.29 is 4.79 Å². The lowest BCUT2D eigenvalue weighted by Gasteiger charge is -2.14. The second-order valence-electron chi connectivity index (χ2n) is 9.83. The van der Waals surface area contributed by atoms with E-state index in [9.17, 15) is 4.79 Å². The number of hydrogen-bond donors (Lipinski definition) is 0. The minimum Gasteiger partial charge on any atom is -0.289 e. The van der Waals surface area contributed by atoms with Crippen LogP contribution in [0.3, 0.4) is 0 Å². The van der Waals surface area contributed by atoms with Crippen LogP contribution < -0.4 is 0 Å². The molecule has 8 rings (SSSR count). The minimum atomic E-state index is -0.0451. The number of benzene rings is 6. The predicted molar refractivity (Wildman–Crippen MR) is 160 cm³/mol. The Hall–Kier alpha value is -4.17. The Labute approximate surface area is 229 Å². The van der Waals surface area contributed by atoms with Gasteiger partial charge in [-0.25, -0.2) is 0 Å². The molecule has 2 aliphatic carbocycles. The smallest absolute Gasteiger partial charge is 0.195 e. The average Bonchev–Trinajstić information content (AvgIpc) is 3.40. The summed E-state index contributed by atoms with van der Waals surface area (Å²) in [7, 11) is 0. The van der Waals surface area contributed by atoms with Crippen LogP contribution >= 0.6 is 23.2 Å². The zero-order chi connectivity index (χ0) is 25.5. The van der Waals surface area contributed by atoms with Crippen molar-refractivity contribution in [2.75, 3.05) is 0 Å². The topological polar surface area (TPSA) is 17.1 Å². The summed E-state index contributed by atoms with van der Waals surface area (Å²) in [5, 5.41) is 8.19. The van der Waals surface area contributed by atoms with Crippen LogP contribution in [0.15, 0.2) is 109 Å². The lowest BCUT2D eigenvalue weighted by atomic mass is 9.89. The van der Waals surface area contributed by atoms with E-state index in [0.29, 0.717) is 21.2 Å². The van der Waals surface area contributed by atoms with Crippen LogP contribution in [-0.2, 0) is 4.79 Å². The van der Waals surface area contributed by atoms with E-state index < -0.39 is 0 Å². The molecule has 0 amide bonds. The second-order valence-corrected chi connectivity index (χ2v) is 10.6. The number of fused-ring (bicyclic) bond motifs is 7. The molecule has 0 unspecified atom stereocenters. The second kappa shape index (κ2) is 7.91. The number of hydrogen-bond acceptors (Lipinski definition) is 1. The Balaban J connectivity index is 1.64. The van der Waals surface area contributed by atoms with Crippen molar-refractivity contribution in [1.29, 1.82) is 0 Å². The molecule has 0 spiro atoms. The molecule has 0 bridgehead atoms. The lowest BCUT2D eigenvalue weighted by molar-refractivity contribution is -0.108. The quantitative estimate of drug-likeness (QED) is 0.206. The molecular weight excluding hydrogens is 507 g/mol. The molecule has 38 heavy (non-hydrogen) atoms. The van der Waals surface area contributed by atoms with E-state index in [2.05, 4.69) is 60.7 Å². The van der Waals surface area contributed by atoms with Crippen LogP contribution in [0.25, 0.3) is 54.6 Å². The van der Waals surface area contributed by atoms with E-state index in [4.69, 9.17) is 23.2 Å². The number of allylic oxidation sites excluding steroid dienone is 4. The molecule has 2 aliphatic rings. The molecule has 0 heterocycles. The molecule has 3 heteroatoms. The van der Waals surface area contributed by atoms with Crippen LogP contribution in [0.1, 0.15) is 22.3 Å². The first kappa shape index (κ1) is 21.9. The number of rotatable bonds is 2. The summed E-state index contributed by atoms with van der Waals surface area (Å²) in [4.78, 5) is 14.4. The van der Waals surface area contributed by atoms with Crippen molar-refractivity contribution in [2.45, 2.75) is 0 Å². The molecule has 1 nitrogen and oxygen atoms in total. The van der Waals surface area contributed by atoms with E-state index in [0.717, 1.165) is 44.2 Å². The fourth-order valence-electron chi connectivity index (χ4n) is 6.36. The molecular formula is C35H18Cl2O. The van der Waals surface area contributed by atoms with E-state index in [-0.39, 0.29) is 5.78 Å². The van der Waals surface area contributed by atoms with Gasteiger partial charge in [-0.2, -0.15) is 0 Å². The van der Waals surface area contributed by atoms with Crippen molar-refractivity contribution in [1.82, 2.24) is 0 Å². The first-order valence-corrected chi connectivity index (χ1v) is 13.3. The maximum absolute atomic E-state index is 14.4. The predicted octanol–water partition coefficient (Wildman–Crippen LogP) is 9.87. The fourth-order valence-corrected chi connectivity index (χ4v) is 6.82. The van der Waals surface area contributed by atoms with E-state index >= 15 is 0 Å². The Morgan fingerprint density at radius 2 is 0.842 bits per heavy atom. The Morgan fingerprint density at radius 1 is 0.421 bits per heavy atom. The van der Waals surface area contributed by atoms with Gasteiger partial charge < -0.3 is 0 Å². The van der Waals surface area contributed by atoms with Crippen molar-refractivity contribution in [3.05, 3.63) is 141 Å². The summed E-state index contributed by atoms with van der Waals surface area (Å²) in [6.07, 6.45) is 0. The van der Waals surface area contributed by atoms with E-state index in [1.807, 2.05) is 48.5 Å². The Kier molecular flexibility index (Phi) is 4.56. The van der Waals surface area contributed by atoms with Crippen LogP contribution in [0.5, 0.6) is 0 Å². The van der Waals surface area contributed by atoms with Crippen molar-refractivity contribution in [3.63, 3.8) is 0 Å². The maximum atomic E-state index is 14.4. The lowest BCUT2D eigenvalue weighted by Crippen LogP contribution is -2.03. The van der Waals surface area contributed by atoms with Crippen LogP contribution in [-0.4, -0.2) is 5.78 Å². The molecule has 0 saturated heterocycles.